The van der Waals surface area contributed by atoms with Gasteiger partial charge in [0.15, 0.2) is 0 Å². The number of amides is 1. The molecular weight excluding hydrogens is 228 g/mol. The van der Waals surface area contributed by atoms with Crippen molar-refractivity contribution >= 4 is 5.91 Å². The van der Waals surface area contributed by atoms with Crippen molar-refractivity contribution in [1.82, 2.24) is 10.2 Å². The molecule has 0 spiro atoms. The van der Waals surface area contributed by atoms with Crippen molar-refractivity contribution in [3.05, 3.63) is 35.9 Å². The number of hydrogen-bond acceptors (Lipinski definition) is 3. The normalized spacial score (nSPS) is 14.0. The number of aliphatic hydroxyl groups is 1. The van der Waals surface area contributed by atoms with Crippen molar-refractivity contribution in [2.75, 3.05) is 20.7 Å². The second kappa shape index (κ2) is 7.13. The van der Waals surface area contributed by atoms with E-state index in [0.29, 0.717) is 6.42 Å². The third-order valence-corrected chi connectivity index (χ3v) is 2.85. The number of nitrogens with zero attached hydrogens (tertiary/aromatic N) is 1. The lowest BCUT2D eigenvalue weighted by molar-refractivity contribution is -0.129. The predicted molar refractivity (Wildman–Crippen MR) is 72.2 cm³/mol. The smallest absolute Gasteiger partial charge is 0.223 e. The summed E-state index contributed by atoms with van der Waals surface area (Å²) >= 11 is 0. The summed E-state index contributed by atoms with van der Waals surface area (Å²) in [5, 5.41) is 12.7. The monoisotopic (exact) mass is 250 g/mol. The van der Waals surface area contributed by atoms with Gasteiger partial charge in [-0.1, -0.05) is 30.3 Å². The van der Waals surface area contributed by atoms with Gasteiger partial charge in [-0.05, 0) is 12.5 Å². The number of aliphatic hydroxyl groups excluding tert-OH is 1. The first-order valence-electron chi connectivity index (χ1n) is 6.16. The molecule has 1 rings (SSSR count). The Bertz CT molecular complexity index is 365. The second-order valence-electron chi connectivity index (χ2n) is 4.71. The summed E-state index contributed by atoms with van der Waals surface area (Å²) in [6.45, 7) is 1.97. The molecule has 0 aliphatic heterocycles. The fourth-order valence-corrected chi connectivity index (χ4v) is 1.79. The van der Waals surface area contributed by atoms with E-state index in [2.05, 4.69) is 5.32 Å². The van der Waals surface area contributed by atoms with Crippen molar-refractivity contribution in [1.29, 1.82) is 0 Å². The van der Waals surface area contributed by atoms with Gasteiger partial charge < -0.3 is 15.3 Å². The number of carbonyl (C=O) groups excluding carboxylic acids is 1. The Morgan fingerprint density at radius 3 is 2.44 bits per heavy atom. The van der Waals surface area contributed by atoms with E-state index in [0.717, 1.165) is 5.56 Å². The Morgan fingerprint density at radius 2 is 1.94 bits per heavy atom. The summed E-state index contributed by atoms with van der Waals surface area (Å²) in [4.78, 5) is 13.2. The van der Waals surface area contributed by atoms with E-state index in [1.807, 2.05) is 37.3 Å². The lowest BCUT2D eigenvalue weighted by atomic mass is 10.1. The summed E-state index contributed by atoms with van der Waals surface area (Å²) in [5.74, 6) is 0.0831. The van der Waals surface area contributed by atoms with Gasteiger partial charge >= 0.3 is 0 Å². The van der Waals surface area contributed by atoms with Crippen LogP contribution in [0.4, 0.5) is 0 Å². The third-order valence-electron chi connectivity index (χ3n) is 2.85. The van der Waals surface area contributed by atoms with Crippen LogP contribution in [0.25, 0.3) is 0 Å². The minimum absolute atomic E-state index is 0.0184. The standard InChI is InChI=1S/C14H22N2O2/c1-11(9-14(18)16(2)3)15-13(10-17)12-7-5-4-6-8-12/h4-8,11,13,15,17H,9-10H2,1-3H3. The van der Waals surface area contributed by atoms with E-state index in [9.17, 15) is 9.90 Å². The van der Waals surface area contributed by atoms with Crippen LogP contribution in [0.2, 0.25) is 0 Å². The number of hydrogen-bond donors (Lipinski definition) is 2. The minimum atomic E-state index is -0.129. The lowest BCUT2D eigenvalue weighted by Gasteiger charge is -2.23. The molecule has 2 atom stereocenters. The molecule has 1 aromatic carbocycles. The summed E-state index contributed by atoms with van der Waals surface area (Å²) in [7, 11) is 3.49. The van der Waals surface area contributed by atoms with Crippen LogP contribution >= 0.6 is 0 Å². The molecule has 0 fully saturated rings. The van der Waals surface area contributed by atoms with Gasteiger partial charge in [-0.3, -0.25) is 4.79 Å². The maximum atomic E-state index is 11.6. The van der Waals surface area contributed by atoms with Gasteiger partial charge in [0.1, 0.15) is 0 Å². The van der Waals surface area contributed by atoms with E-state index >= 15 is 0 Å². The molecule has 0 bridgehead atoms. The molecule has 0 radical (unpaired) electrons. The zero-order valence-corrected chi connectivity index (χ0v) is 11.3. The fraction of sp³-hybridized carbons (Fsp3) is 0.500. The number of carbonyl (C=O) groups is 1. The molecule has 0 aliphatic rings. The SMILES string of the molecule is CC(CC(=O)N(C)C)NC(CO)c1ccccc1. The molecule has 4 nitrogen and oxygen atoms in total. The quantitative estimate of drug-likeness (QED) is 0.797. The first kappa shape index (κ1) is 14.7. The predicted octanol–water partition coefficient (Wildman–Crippen LogP) is 1.18. The van der Waals surface area contributed by atoms with Gasteiger partial charge in [0.2, 0.25) is 5.91 Å². The number of nitrogens with one attached hydrogen (secondary N) is 1. The molecule has 0 saturated heterocycles. The first-order chi connectivity index (χ1) is 8.54. The Kier molecular flexibility index (Phi) is 5.82. The topological polar surface area (TPSA) is 52.6 Å². The van der Waals surface area contributed by atoms with E-state index in [4.69, 9.17) is 0 Å². The zero-order valence-electron chi connectivity index (χ0n) is 11.3. The summed E-state index contributed by atoms with van der Waals surface area (Å²) in [6, 6.07) is 9.65. The summed E-state index contributed by atoms with van der Waals surface area (Å²) < 4.78 is 0. The highest BCUT2D eigenvalue weighted by molar-refractivity contribution is 5.76. The highest BCUT2D eigenvalue weighted by Gasteiger charge is 2.16. The Morgan fingerprint density at radius 1 is 1.33 bits per heavy atom. The maximum absolute atomic E-state index is 11.6. The van der Waals surface area contributed by atoms with Crippen molar-refractivity contribution < 1.29 is 9.90 Å². The van der Waals surface area contributed by atoms with Gasteiger partial charge in [-0.15, -0.1) is 0 Å². The Labute approximate surface area is 109 Å². The molecule has 4 heteroatoms. The van der Waals surface area contributed by atoms with Gasteiger partial charge in [-0.2, -0.15) is 0 Å². The second-order valence-corrected chi connectivity index (χ2v) is 4.71. The van der Waals surface area contributed by atoms with E-state index in [1.165, 1.54) is 0 Å². The van der Waals surface area contributed by atoms with E-state index < -0.39 is 0 Å². The van der Waals surface area contributed by atoms with Crippen LogP contribution in [0.1, 0.15) is 24.9 Å². The van der Waals surface area contributed by atoms with E-state index in [-0.39, 0.29) is 24.6 Å². The van der Waals surface area contributed by atoms with Crippen molar-refractivity contribution in [2.45, 2.75) is 25.4 Å². The fourth-order valence-electron chi connectivity index (χ4n) is 1.79. The van der Waals surface area contributed by atoms with Crippen LogP contribution in [0.5, 0.6) is 0 Å². The molecule has 0 aromatic heterocycles. The Balaban J connectivity index is 2.56. The molecular formula is C14H22N2O2. The molecule has 18 heavy (non-hydrogen) atoms. The van der Waals surface area contributed by atoms with Gasteiger partial charge in [0.05, 0.1) is 12.6 Å². The Hall–Kier alpha value is -1.39. The van der Waals surface area contributed by atoms with Crippen molar-refractivity contribution in [3.8, 4) is 0 Å². The van der Waals surface area contributed by atoms with Crippen LogP contribution in [0, 0.1) is 0 Å². The van der Waals surface area contributed by atoms with Crippen molar-refractivity contribution in [3.63, 3.8) is 0 Å². The van der Waals surface area contributed by atoms with Crippen LogP contribution in [0.15, 0.2) is 30.3 Å². The molecule has 1 aromatic rings. The molecule has 2 N–H and O–H groups in total. The summed E-state index contributed by atoms with van der Waals surface area (Å²) in [6.07, 6.45) is 0.427. The molecule has 0 aliphatic carbocycles. The first-order valence-corrected chi connectivity index (χ1v) is 6.16. The van der Waals surface area contributed by atoms with Gasteiger partial charge in [-0.25, -0.2) is 0 Å². The summed E-state index contributed by atoms with van der Waals surface area (Å²) in [5.41, 5.74) is 1.03. The van der Waals surface area contributed by atoms with Crippen LogP contribution in [-0.2, 0) is 4.79 Å². The number of rotatable bonds is 6. The van der Waals surface area contributed by atoms with E-state index in [1.54, 1.807) is 19.0 Å². The largest absolute Gasteiger partial charge is 0.394 e. The molecule has 0 heterocycles. The minimum Gasteiger partial charge on any atom is -0.394 e. The number of benzene rings is 1. The van der Waals surface area contributed by atoms with Crippen LogP contribution in [-0.4, -0.2) is 42.7 Å². The maximum Gasteiger partial charge on any atom is 0.223 e. The third kappa shape index (κ3) is 4.47. The average Bonchev–Trinajstić information content (AvgIpc) is 2.36. The highest BCUT2D eigenvalue weighted by atomic mass is 16.3. The van der Waals surface area contributed by atoms with Crippen molar-refractivity contribution in [2.24, 2.45) is 0 Å². The van der Waals surface area contributed by atoms with Crippen LogP contribution < -0.4 is 5.32 Å². The molecule has 1 amide bonds. The average molecular weight is 250 g/mol. The van der Waals surface area contributed by atoms with Crippen LogP contribution in [0.3, 0.4) is 0 Å². The van der Waals surface area contributed by atoms with Gasteiger partial charge in [0, 0.05) is 26.6 Å². The molecule has 2 unspecified atom stereocenters. The molecule has 0 saturated carbocycles. The highest BCUT2D eigenvalue weighted by Crippen LogP contribution is 2.13. The zero-order chi connectivity index (χ0) is 13.5. The van der Waals surface area contributed by atoms with Gasteiger partial charge in [0.25, 0.3) is 0 Å². The molecule has 100 valence electrons. The lowest BCUT2D eigenvalue weighted by Crippen LogP contribution is -2.36.